The van der Waals surface area contributed by atoms with Crippen LogP contribution in [0.3, 0.4) is 0 Å². The van der Waals surface area contributed by atoms with Crippen molar-refractivity contribution in [2.45, 2.75) is 22.1 Å². The van der Waals surface area contributed by atoms with Crippen LogP contribution in [0.2, 0.25) is 0 Å². The van der Waals surface area contributed by atoms with E-state index in [-0.39, 0.29) is 5.41 Å². The van der Waals surface area contributed by atoms with Gasteiger partial charge in [-0.3, -0.25) is 0 Å². The maximum absolute atomic E-state index is 2.47. The summed E-state index contributed by atoms with van der Waals surface area (Å²) < 4.78 is 0. The summed E-state index contributed by atoms with van der Waals surface area (Å²) in [5, 5.41) is 5.31. The zero-order chi connectivity index (χ0) is 27.1. The summed E-state index contributed by atoms with van der Waals surface area (Å²) in [6, 6.07) is 52.0. The van der Waals surface area contributed by atoms with E-state index in [0.717, 1.165) is 0 Å². The second-order valence-electron chi connectivity index (χ2n) is 11.4. The summed E-state index contributed by atoms with van der Waals surface area (Å²) in [5.41, 5.74) is 11.8. The lowest BCUT2D eigenvalue weighted by Gasteiger charge is -2.30. The molecule has 0 N–H and O–H groups in total. The highest BCUT2D eigenvalue weighted by atomic mass is 32.2. The van der Waals surface area contributed by atoms with Gasteiger partial charge in [0.25, 0.3) is 0 Å². The molecule has 192 valence electrons. The molecule has 0 radical (unpaired) electrons. The van der Waals surface area contributed by atoms with Crippen molar-refractivity contribution in [2.75, 3.05) is 0 Å². The third-order valence-electron chi connectivity index (χ3n) is 9.30. The number of hydrogen-bond donors (Lipinski definition) is 0. The number of fused-ring (bicyclic) bond motifs is 7. The first-order valence-corrected chi connectivity index (χ1v) is 15.1. The monoisotopic (exact) mass is 538 g/mol. The van der Waals surface area contributed by atoms with Crippen LogP contribution in [0.5, 0.6) is 0 Å². The smallest absolute Gasteiger partial charge is 0.0441 e. The summed E-state index contributed by atoms with van der Waals surface area (Å²) in [7, 11) is 0. The molecule has 0 nitrogen and oxygen atoms in total. The Kier molecular flexibility index (Phi) is 4.77. The lowest BCUT2D eigenvalue weighted by atomic mass is 9.72. The Bertz CT molecular complexity index is 2190. The second kappa shape index (κ2) is 8.46. The van der Waals surface area contributed by atoms with E-state index in [1.54, 1.807) is 0 Å². The molecule has 0 saturated heterocycles. The molecule has 0 amide bonds. The van der Waals surface area contributed by atoms with Crippen LogP contribution in [0.25, 0.3) is 54.9 Å². The van der Waals surface area contributed by atoms with E-state index in [0.29, 0.717) is 0 Å². The minimum absolute atomic E-state index is 0.260. The van der Waals surface area contributed by atoms with Crippen molar-refractivity contribution >= 4 is 33.3 Å². The molecule has 0 saturated carbocycles. The van der Waals surface area contributed by atoms with Gasteiger partial charge in [0, 0.05) is 20.6 Å². The Morgan fingerprint density at radius 1 is 0.488 bits per heavy atom. The quantitative estimate of drug-likeness (QED) is 0.211. The van der Waals surface area contributed by atoms with E-state index < -0.39 is 0 Å². The van der Waals surface area contributed by atoms with E-state index in [1.165, 1.54) is 81.4 Å². The van der Waals surface area contributed by atoms with Crippen LogP contribution in [0.4, 0.5) is 0 Å². The van der Waals surface area contributed by atoms with Crippen molar-refractivity contribution in [3.05, 3.63) is 156 Å². The normalized spacial score (nSPS) is 16.4. The number of hydrogen-bond acceptors (Lipinski definition) is 1. The lowest BCUT2D eigenvalue weighted by Crippen LogP contribution is -2.22. The Morgan fingerprint density at radius 3 is 2.17 bits per heavy atom. The van der Waals surface area contributed by atoms with Crippen LogP contribution < -0.4 is 0 Å². The van der Waals surface area contributed by atoms with Gasteiger partial charge in [0.1, 0.15) is 0 Å². The standard InChI is InChI=1S/C40H26S/c1-40(29-12-3-2-4-13-29)35-24-26(19-20-31(35)33-21-18-25-10-5-6-14-30(25)39(33)40)28-22-27-11-9-17-37-38(27)34(23-28)32-15-7-8-16-36(32)41-37/h2-24H,1H3. The molecule has 0 fully saturated rings. The zero-order valence-electron chi connectivity index (χ0n) is 22.7. The molecule has 0 bridgehead atoms. The molecule has 2 aliphatic rings. The molecule has 7 aromatic carbocycles. The van der Waals surface area contributed by atoms with Crippen LogP contribution >= 0.6 is 11.8 Å². The molecule has 0 spiro atoms. The number of rotatable bonds is 2. The highest BCUT2D eigenvalue weighted by Gasteiger charge is 2.42. The minimum atomic E-state index is -0.260. The molecule has 1 unspecified atom stereocenters. The van der Waals surface area contributed by atoms with E-state index in [4.69, 9.17) is 0 Å². The Hall–Kier alpha value is -4.59. The average molecular weight is 539 g/mol. The average Bonchev–Trinajstić information content (AvgIpc) is 3.30. The molecule has 1 atom stereocenters. The molecule has 9 rings (SSSR count). The van der Waals surface area contributed by atoms with Crippen LogP contribution in [0.15, 0.2) is 149 Å². The predicted molar refractivity (Wildman–Crippen MR) is 174 cm³/mol. The maximum atomic E-state index is 2.47. The first kappa shape index (κ1) is 23.1. The van der Waals surface area contributed by atoms with E-state index >= 15 is 0 Å². The third-order valence-corrected chi connectivity index (χ3v) is 10.4. The molecule has 1 heteroatoms. The summed E-state index contributed by atoms with van der Waals surface area (Å²) in [6.45, 7) is 2.42. The molecule has 41 heavy (non-hydrogen) atoms. The molecular formula is C40H26S. The van der Waals surface area contributed by atoms with Crippen LogP contribution in [-0.4, -0.2) is 0 Å². The van der Waals surface area contributed by atoms with Crippen LogP contribution in [0.1, 0.15) is 23.6 Å². The van der Waals surface area contributed by atoms with Gasteiger partial charge in [0.15, 0.2) is 0 Å². The third kappa shape index (κ3) is 3.18. The SMILES string of the molecule is CC1(c2ccccc2)c2cc(-c3cc4c5c(cccc5c3)Sc3ccccc3-4)ccc2-c2ccc3ccccc3c21. The van der Waals surface area contributed by atoms with Gasteiger partial charge in [0.2, 0.25) is 0 Å². The topological polar surface area (TPSA) is 0 Å². The zero-order valence-corrected chi connectivity index (χ0v) is 23.5. The molecule has 1 aliphatic heterocycles. The fourth-order valence-electron chi connectivity index (χ4n) is 7.37. The van der Waals surface area contributed by atoms with Crippen molar-refractivity contribution in [1.82, 2.24) is 0 Å². The van der Waals surface area contributed by atoms with Crippen molar-refractivity contribution in [3.63, 3.8) is 0 Å². The Morgan fingerprint density at radius 2 is 1.24 bits per heavy atom. The van der Waals surface area contributed by atoms with E-state index in [1.807, 2.05) is 11.8 Å². The first-order chi connectivity index (χ1) is 20.2. The van der Waals surface area contributed by atoms with Gasteiger partial charge in [-0.05, 0) is 103 Å². The Balaban J connectivity index is 1.31. The Labute approximate surface area is 244 Å². The summed E-state index contributed by atoms with van der Waals surface area (Å²) in [5.74, 6) is 0. The van der Waals surface area contributed by atoms with Gasteiger partial charge in [-0.25, -0.2) is 0 Å². The fraction of sp³-hybridized carbons (Fsp3) is 0.0500. The van der Waals surface area contributed by atoms with Gasteiger partial charge >= 0.3 is 0 Å². The molecule has 0 aromatic heterocycles. The summed E-state index contributed by atoms with van der Waals surface area (Å²) >= 11 is 1.88. The molecular weight excluding hydrogens is 513 g/mol. The van der Waals surface area contributed by atoms with Crippen LogP contribution in [0, 0.1) is 0 Å². The lowest BCUT2D eigenvalue weighted by molar-refractivity contribution is 0.720. The van der Waals surface area contributed by atoms with Gasteiger partial charge < -0.3 is 0 Å². The van der Waals surface area contributed by atoms with Gasteiger partial charge in [-0.1, -0.05) is 121 Å². The van der Waals surface area contributed by atoms with Gasteiger partial charge in [-0.15, -0.1) is 0 Å². The van der Waals surface area contributed by atoms with Crippen molar-refractivity contribution in [2.24, 2.45) is 0 Å². The second-order valence-corrected chi connectivity index (χ2v) is 12.5. The van der Waals surface area contributed by atoms with Gasteiger partial charge in [0.05, 0.1) is 0 Å². The maximum Gasteiger partial charge on any atom is 0.0441 e. The van der Waals surface area contributed by atoms with Crippen molar-refractivity contribution in [1.29, 1.82) is 0 Å². The first-order valence-electron chi connectivity index (χ1n) is 14.3. The predicted octanol–water partition coefficient (Wildman–Crippen LogP) is 11.1. The van der Waals surface area contributed by atoms with Crippen LogP contribution in [-0.2, 0) is 5.41 Å². The highest BCUT2D eigenvalue weighted by molar-refractivity contribution is 7.99. The van der Waals surface area contributed by atoms with E-state index in [2.05, 4.69) is 146 Å². The molecule has 1 heterocycles. The van der Waals surface area contributed by atoms with E-state index in [9.17, 15) is 0 Å². The molecule has 7 aromatic rings. The fourth-order valence-corrected chi connectivity index (χ4v) is 8.52. The largest absolute Gasteiger partial charge is 0.0888 e. The van der Waals surface area contributed by atoms with Crippen molar-refractivity contribution in [3.8, 4) is 33.4 Å². The van der Waals surface area contributed by atoms with Gasteiger partial charge in [-0.2, -0.15) is 0 Å². The minimum Gasteiger partial charge on any atom is -0.0888 e. The van der Waals surface area contributed by atoms with Crippen molar-refractivity contribution < 1.29 is 0 Å². The number of benzene rings is 7. The summed E-state index contributed by atoms with van der Waals surface area (Å²) in [4.78, 5) is 2.67. The molecule has 1 aliphatic carbocycles. The summed E-state index contributed by atoms with van der Waals surface area (Å²) in [6.07, 6.45) is 0. The highest BCUT2D eigenvalue weighted by Crippen LogP contribution is 2.56.